The van der Waals surface area contributed by atoms with Crippen molar-refractivity contribution in [3.8, 4) is 0 Å². The van der Waals surface area contributed by atoms with Gasteiger partial charge in [-0.2, -0.15) is 0 Å². The molecule has 1 aliphatic rings. The van der Waals surface area contributed by atoms with Crippen LogP contribution in [0.15, 0.2) is 0 Å². The predicted molar refractivity (Wildman–Crippen MR) is 63.1 cm³/mol. The van der Waals surface area contributed by atoms with Crippen molar-refractivity contribution in [3.05, 3.63) is 15.6 Å². The molecule has 100 valence electrons. The van der Waals surface area contributed by atoms with Crippen molar-refractivity contribution in [1.29, 1.82) is 0 Å². The molecule has 1 aromatic heterocycles. The first-order chi connectivity index (χ1) is 8.60. The van der Waals surface area contributed by atoms with E-state index in [-0.39, 0.29) is 0 Å². The van der Waals surface area contributed by atoms with Crippen molar-refractivity contribution in [2.24, 2.45) is 0 Å². The fourth-order valence-electron chi connectivity index (χ4n) is 1.93. The lowest BCUT2D eigenvalue weighted by atomic mass is 10.2. The van der Waals surface area contributed by atoms with Crippen molar-refractivity contribution in [2.75, 3.05) is 6.61 Å². The minimum atomic E-state index is -2.55. The summed E-state index contributed by atoms with van der Waals surface area (Å²) in [6.07, 6.45) is -0.238. The number of carbonyl (C=O) groups excluding carboxylic acids is 1. The molecule has 1 aromatic rings. The normalized spacial score (nSPS) is 15.8. The zero-order valence-electron chi connectivity index (χ0n) is 9.66. The average Bonchev–Trinajstić information content (AvgIpc) is 2.87. The maximum Gasteiger partial charge on any atom is 0.280 e. The highest BCUT2D eigenvalue weighted by Gasteiger charge is 2.23. The van der Waals surface area contributed by atoms with Crippen LogP contribution in [0.1, 0.15) is 33.2 Å². The Balaban J connectivity index is 1.97. The zero-order valence-corrected chi connectivity index (χ0v) is 10.5. The van der Waals surface area contributed by atoms with Gasteiger partial charge < -0.3 is 10.4 Å². The first kappa shape index (κ1) is 13.4. The maximum absolute atomic E-state index is 12.2. The summed E-state index contributed by atoms with van der Waals surface area (Å²) in [5.41, 5.74) is 0.944. The molecular weight excluding hydrogens is 262 g/mol. The Labute approximate surface area is 107 Å². The zero-order chi connectivity index (χ0) is 13.1. The Kier molecular flexibility index (Phi) is 4.23. The number of fused-ring (bicyclic) bond motifs is 1. The number of aromatic nitrogens is 1. The van der Waals surface area contributed by atoms with Crippen LogP contribution in [0.2, 0.25) is 0 Å². The van der Waals surface area contributed by atoms with Gasteiger partial charge in [0.05, 0.1) is 18.3 Å². The van der Waals surface area contributed by atoms with Crippen molar-refractivity contribution in [1.82, 2.24) is 10.3 Å². The molecule has 1 unspecified atom stereocenters. The topological polar surface area (TPSA) is 62.2 Å². The molecule has 0 fully saturated rings. The Morgan fingerprint density at radius 1 is 1.50 bits per heavy atom. The summed E-state index contributed by atoms with van der Waals surface area (Å²) < 4.78 is 24.4. The number of hydrogen-bond donors (Lipinski definition) is 2. The summed E-state index contributed by atoms with van der Waals surface area (Å²) in [7, 11) is 0. The molecule has 0 saturated heterocycles. The average molecular weight is 276 g/mol. The van der Waals surface area contributed by atoms with E-state index in [4.69, 9.17) is 5.11 Å². The first-order valence-corrected chi connectivity index (χ1v) is 6.60. The van der Waals surface area contributed by atoms with E-state index >= 15 is 0 Å². The molecule has 0 bridgehead atoms. The molecule has 2 rings (SSSR count). The highest BCUT2D eigenvalue weighted by molar-refractivity contribution is 7.13. The van der Waals surface area contributed by atoms with Crippen LogP contribution in [0, 0.1) is 0 Å². The van der Waals surface area contributed by atoms with Gasteiger partial charge in [0.25, 0.3) is 5.91 Å². The molecular formula is C11H14F2N2O2S. The minimum Gasteiger partial charge on any atom is -0.394 e. The molecule has 1 atom stereocenters. The van der Waals surface area contributed by atoms with E-state index in [1.54, 1.807) is 0 Å². The standard InChI is InChI=1S/C11H14F2N2O2S/c12-9(13)4-6(5-16)14-10(17)11-15-7-2-1-3-8(7)18-11/h6,9,16H,1-5H2,(H,14,17). The van der Waals surface area contributed by atoms with Gasteiger partial charge in [-0.3, -0.25) is 4.79 Å². The smallest absolute Gasteiger partial charge is 0.280 e. The molecule has 1 heterocycles. The SMILES string of the molecule is O=C(NC(CO)CC(F)F)c1nc2c(s1)CCC2. The molecule has 0 radical (unpaired) electrons. The van der Waals surface area contributed by atoms with Gasteiger partial charge in [0.1, 0.15) is 0 Å². The van der Waals surface area contributed by atoms with Crippen molar-refractivity contribution in [2.45, 2.75) is 38.2 Å². The number of hydrogen-bond acceptors (Lipinski definition) is 4. The third kappa shape index (κ3) is 3.02. The molecule has 0 aliphatic heterocycles. The molecule has 4 nitrogen and oxygen atoms in total. The highest BCUT2D eigenvalue weighted by atomic mass is 32.1. The van der Waals surface area contributed by atoms with E-state index in [0.29, 0.717) is 5.01 Å². The van der Waals surface area contributed by atoms with Gasteiger partial charge in [-0.15, -0.1) is 11.3 Å². The number of nitrogens with zero attached hydrogens (tertiary/aromatic N) is 1. The monoisotopic (exact) mass is 276 g/mol. The van der Waals surface area contributed by atoms with Crippen LogP contribution in [0.25, 0.3) is 0 Å². The lowest BCUT2D eigenvalue weighted by Gasteiger charge is -2.14. The van der Waals surface area contributed by atoms with Crippen LogP contribution in [-0.4, -0.2) is 35.1 Å². The molecule has 0 aromatic carbocycles. The van der Waals surface area contributed by atoms with Gasteiger partial charge in [-0.05, 0) is 19.3 Å². The molecule has 0 spiro atoms. The third-order valence-electron chi connectivity index (χ3n) is 2.81. The molecule has 2 N–H and O–H groups in total. The maximum atomic E-state index is 12.2. The molecule has 1 amide bonds. The largest absolute Gasteiger partial charge is 0.394 e. The van der Waals surface area contributed by atoms with Crippen LogP contribution in [-0.2, 0) is 12.8 Å². The number of aliphatic hydroxyl groups is 1. The fourth-order valence-corrected chi connectivity index (χ4v) is 2.98. The quantitative estimate of drug-likeness (QED) is 0.854. The van der Waals surface area contributed by atoms with Gasteiger partial charge in [0.15, 0.2) is 5.01 Å². The Morgan fingerprint density at radius 2 is 2.28 bits per heavy atom. The van der Waals surface area contributed by atoms with E-state index in [9.17, 15) is 13.6 Å². The van der Waals surface area contributed by atoms with Gasteiger partial charge in [-0.1, -0.05) is 0 Å². The number of thiazole rings is 1. The van der Waals surface area contributed by atoms with E-state index in [2.05, 4.69) is 10.3 Å². The van der Waals surface area contributed by atoms with E-state index in [1.165, 1.54) is 11.3 Å². The highest BCUT2D eigenvalue weighted by Crippen LogP contribution is 2.27. The molecule has 7 heteroatoms. The number of aryl methyl sites for hydroxylation is 2. The van der Waals surface area contributed by atoms with Gasteiger partial charge in [-0.25, -0.2) is 13.8 Å². The lowest BCUT2D eigenvalue weighted by molar-refractivity contribution is 0.0820. The predicted octanol–water partition coefficient (Wildman–Crippen LogP) is 1.38. The van der Waals surface area contributed by atoms with Crippen molar-refractivity contribution in [3.63, 3.8) is 0 Å². The van der Waals surface area contributed by atoms with Gasteiger partial charge in [0, 0.05) is 11.3 Å². The van der Waals surface area contributed by atoms with Crippen molar-refractivity contribution >= 4 is 17.2 Å². The summed E-state index contributed by atoms with van der Waals surface area (Å²) >= 11 is 1.31. The van der Waals surface area contributed by atoms with Crippen LogP contribution in [0.5, 0.6) is 0 Å². The second kappa shape index (κ2) is 5.71. The number of rotatable bonds is 5. The number of halogens is 2. The van der Waals surface area contributed by atoms with E-state index < -0.39 is 31.4 Å². The van der Waals surface area contributed by atoms with Crippen LogP contribution < -0.4 is 5.32 Å². The summed E-state index contributed by atoms with van der Waals surface area (Å²) in [4.78, 5) is 17.1. The number of carbonyl (C=O) groups is 1. The Hall–Kier alpha value is -1.08. The summed E-state index contributed by atoms with van der Waals surface area (Å²) in [5.74, 6) is -0.478. The second-order valence-electron chi connectivity index (χ2n) is 4.22. The van der Waals surface area contributed by atoms with E-state index in [1.807, 2.05) is 0 Å². The summed E-state index contributed by atoms with van der Waals surface area (Å²) in [6, 6.07) is -0.920. The molecule has 1 aliphatic carbocycles. The van der Waals surface area contributed by atoms with Crippen molar-refractivity contribution < 1.29 is 18.7 Å². The summed E-state index contributed by atoms with van der Waals surface area (Å²) in [6.45, 7) is -0.499. The number of nitrogens with one attached hydrogen (secondary N) is 1. The molecule has 0 saturated carbocycles. The fraction of sp³-hybridized carbons (Fsp3) is 0.636. The second-order valence-corrected chi connectivity index (χ2v) is 5.31. The van der Waals surface area contributed by atoms with Crippen LogP contribution in [0.4, 0.5) is 8.78 Å². The number of aliphatic hydroxyl groups excluding tert-OH is 1. The van der Waals surface area contributed by atoms with Crippen LogP contribution >= 0.6 is 11.3 Å². The van der Waals surface area contributed by atoms with Gasteiger partial charge in [0.2, 0.25) is 6.43 Å². The number of amides is 1. The third-order valence-corrected chi connectivity index (χ3v) is 3.96. The molecule has 18 heavy (non-hydrogen) atoms. The van der Waals surface area contributed by atoms with Gasteiger partial charge >= 0.3 is 0 Å². The Bertz CT molecular complexity index is 415. The van der Waals surface area contributed by atoms with Crippen LogP contribution in [0.3, 0.4) is 0 Å². The first-order valence-electron chi connectivity index (χ1n) is 5.78. The minimum absolute atomic E-state index is 0.299. The lowest BCUT2D eigenvalue weighted by Crippen LogP contribution is -2.38. The summed E-state index contributed by atoms with van der Waals surface area (Å²) in [5, 5.41) is 11.6. The Morgan fingerprint density at radius 3 is 2.89 bits per heavy atom. The van der Waals surface area contributed by atoms with E-state index in [0.717, 1.165) is 29.8 Å². The number of alkyl halides is 2.